The molecule has 0 radical (unpaired) electrons. The number of carbonyl (C=O) groups is 1. The molecule has 4 nitrogen and oxygen atoms in total. The molecule has 4 heteroatoms. The van der Waals surface area contributed by atoms with Crippen molar-refractivity contribution in [1.29, 1.82) is 0 Å². The molecule has 0 unspecified atom stereocenters. The molecule has 1 aliphatic heterocycles. The summed E-state index contributed by atoms with van der Waals surface area (Å²) in [6.07, 6.45) is 0. The van der Waals surface area contributed by atoms with Gasteiger partial charge in [0.25, 0.3) is 0 Å². The number of amides is 1. The molecule has 1 amide bonds. The molecule has 92 valence electrons. The average molecular weight is 233 g/mol. The van der Waals surface area contributed by atoms with Gasteiger partial charge in [-0.25, -0.2) is 0 Å². The molecule has 0 atom stereocenters. The molecular formula is C13H19N3O. The normalized spacial score (nSPS) is 19.0. The van der Waals surface area contributed by atoms with Crippen LogP contribution in [0.15, 0.2) is 18.2 Å². The molecule has 1 saturated heterocycles. The summed E-state index contributed by atoms with van der Waals surface area (Å²) in [4.78, 5) is 14.0. The third-order valence-corrected chi connectivity index (χ3v) is 3.36. The lowest BCUT2D eigenvalue weighted by molar-refractivity contribution is -0.126. The van der Waals surface area contributed by atoms with E-state index in [1.807, 2.05) is 39.0 Å². The highest BCUT2D eigenvalue weighted by Crippen LogP contribution is 2.29. The molecule has 0 spiro atoms. The molecule has 1 aromatic carbocycles. The Morgan fingerprint density at radius 3 is 2.76 bits per heavy atom. The zero-order chi connectivity index (χ0) is 12.6. The molecule has 0 bridgehead atoms. The second-order valence-electron chi connectivity index (χ2n) is 5.01. The van der Waals surface area contributed by atoms with E-state index in [1.54, 1.807) is 0 Å². The molecule has 1 heterocycles. The first-order valence-electron chi connectivity index (χ1n) is 5.85. The first-order chi connectivity index (χ1) is 7.93. The van der Waals surface area contributed by atoms with Gasteiger partial charge in [0.05, 0.1) is 0 Å². The minimum absolute atomic E-state index is 0.0694. The third kappa shape index (κ3) is 1.95. The summed E-state index contributed by atoms with van der Waals surface area (Å²) in [6.45, 7) is 7.42. The monoisotopic (exact) mass is 233 g/mol. The molecule has 1 fully saturated rings. The van der Waals surface area contributed by atoms with Gasteiger partial charge in [-0.2, -0.15) is 0 Å². The minimum atomic E-state index is -0.515. The second-order valence-corrected chi connectivity index (χ2v) is 5.01. The quantitative estimate of drug-likeness (QED) is 0.719. The summed E-state index contributed by atoms with van der Waals surface area (Å²) in [7, 11) is 0. The van der Waals surface area contributed by atoms with E-state index in [4.69, 9.17) is 5.73 Å². The van der Waals surface area contributed by atoms with Crippen molar-refractivity contribution in [2.75, 3.05) is 23.7 Å². The van der Waals surface area contributed by atoms with Crippen LogP contribution in [0, 0.1) is 6.92 Å². The molecule has 17 heavy (non-hydrogen) atoms. The van der Waals surface area contributed by atoms with E-state index >= 15 is 0 Å². The smallest absolute Gasteiger partial charge is 0.245 e. The van der Waals surface area contributed by atoms with Gasteiger partial charge >= 0.3 is 0 Å². The molecule has 1 aromatic rings. The molecule has 3 N–H and O–H groups in total. The van der Waals surface area contributed by atoms with E-state index < -0.39 is 5.54 Å². The number of aryl methyl sites for hydroxylation is 1. The predicted molar refractivity (Wildman–Crippen MR) is 70.0 cm³/mol. The minimum Gasteiger partial charge on any atom is -0.399 e. The van der Waals surface area contributed by atoms with Gasteiger partial charge in [-0.05, 0) is 44.5 Å². The van der Waals surface area contributed by atoms with Gasteiger partial charge in [0, 0.05) is 24.5 Å². The van der Waals surface area contributed by atoms with Crippen LogP contribution in [0.4, 0.5) is 11.4 Å². The fourth-order valence-electron chi connectivity index (χ4n) is 2.30. The number of carbonyl (C=O) groups excluding carboxylic acids is 1. The van der Waals surface area contributed by atoms with Crippen molar-refractivity contribution < 1.29 is 4.79 Å². The summed E-state index contributed by atoms with van der Waals surface area (Å²) in [5.74, 6) is 0.0694. The Morgan fingerprint density at radius 2 is 2.12 bits per heavy atom. The Hall–Kier alpha value is -1.71. The van der Waals surface area contributed by atoms with Gasteiger partial charge in [0.2, 0.25) is 5.91 Å². The van der Waals surface area contributed by atoms with Crippen LogP contribution in [-0.4, -0.2) is 24.5 Å². The summed E-state index contributed by atoms with van der Waals surface area (Å²) < 4.78 is 0. The van der Waals surface area contributed by atoms with Crippen molar-refractivity contribution >= 4 is 17.3 Å². The van der Waals surface area contributed by atoms with Gasteiger partial charge in [-0.15, -0.1) is 0 Å². The van der Waals surface area contributed by atoms with Crippen LogP contribution < -0.4 is 16.0 Å². The largest absolute Gasteiger partial charge is 0.399 e. The summed E-state index contributed by atoms with van der Waals surface area (Å²) >= 11 is 0. The molecule has 2 rings (SSSR count). The van der Waals surface area contributed by atoms with Gasteiger partial charge in [0.15, 0.2) is 0 Å². The summed E-state index contributed by atoms with van der Waals surface area (Å²) in [6, 6.07) is 5.81. The highest BCUT2D eigenvalue weighted by Gasteiger charge is 2.38. The topological polar surface area (TPSA) is 58.4 Å². The van der Waals surface area contributed by atoms with Crippen molar-refractivity contribution in [1.82, 2.24) is 5.32 Å². The Labute approximate surface area is 102 Å². The van der Waals surface area contributed by atoms with Crippen LogP contribution in [0.1, 0.15) is 19.4 Å². The maximum absolute atomic E-state index is 11.9. The average Bonchev–Trinajstić information content (AvgIpc) is 2.23. The predicted octanol–water partition coefficient (Wildman–Crippen LogP) is 1.29. The number of hydrogen-bond acceptors (Lipinski definition) is 3. The van der Waals surface area contributed by atoms with Crippen molar-refractivity contribution in [3.8, 4) is 0 Å². The number of piperazine rings is 1. The standard InChI is InChI=1S/C13H19N3O/c1-9-8-10(14)4-5-11(9)16-7-6-15-12(17)13(16,2)3/h4-5,8H,6-7,14H2,1-3H3,(H,15,17). The molecule has 0 aromatic heterocycles. The zero-order valence-electron chi connectivity index (χ0n) is 10.6. The maximum atomic E-state index is 11.9. The Balaban J connectivity index is 2.41. The molecule has 0 aliphatic carbocycles. The highest BCUT2D eigenvalue weighted by molar-refractivity contribution is 5.90. The lowest BCUT2D eigenvalue weighted by Gasteiger charge is -2.43. The summed E-state index contributed by atoms with van der Waals surface area (Å²) in [5.41, 5.74) is 8.18. The lowest BCUT2D eigenvalue weighted by Crippen LogP contribution is -2.62. The molecule has 1 aliphatic rings. The Morgan fingerprint density at radius 1 is 1.41 bits per heavy atom. The van der Waals surface area contributed by atoms with E-state index in [1.165, 1.54) is 0 Å². The van der Waals surface area contributed by atoms with Gasteiger partial charge in [-0.1, -0.05) is 0 Å². The number of nitrogens with zero attached hydrogens (tertiary/aromatic N) is 1. The van der Waals surface area contributed by atoms with Crippen LogP contribution in [0.3, 0.4) is 0 Å². The highest BCUT2D eigenvalue weighted by atomic mass is 16.2. The van der Waals surface area contributed by atoms with E-state index in [0.29, 0.717) is 6.54 Å². The fourth-order valence-corrected chi connectivity index (χ4v) is 2.30. The number of nitrogens with one attached hydrogen (secondary N) is 1. The SMILES string of the molecule is Cc1cc(N)ccc1N1CCNC(=O)C1(C)C. The number of nitrogens with two attached hydrogens (primary N) is 1. The molecular weight excluding hydrogens is 214 g/mol. The van der Waals surface area contributed by atoms with Crippen molar-refractivity contribution in [3.05, 3.63) is 23.8 Å². The number of rotatable bonds is 1. The first-order valence-corrected chi connectivity index (χ1v) is 5.85. The van der Waals surface area contributed by atoms with Crippen LogP contribution in [0.5, 0.6) is 0 Å². The van der Waals surface area contributed by atoms with Crippen LogP contribution in [-0.2, 0) is 4.79 Å². The molecule has 0 saturated carbocycles. The van der Waals surface area contributed by atoms with Crippen LogP contribution in [0.25, 0.3) is 0 Å². The fraction of sp³-hybridized carbons (Fsp3) is 0.462. The van der Waals surface area contributed by atoms with Gasteiger partial charge in [-0.3, -0.25) is 4.79 Å². The van der Waals surface area contributed by atoms with Gasteiger partial charge < -0.3 is 16.0 Å². The zero-order valence-corrected chi connectivity index (χ0v) is 10.6. The van der Waals surface area contributed by atoms with Crippen molar-refractivity contribution in [3.63, 3.8) is 0 Å². The van der Waals surface area contributed by atoms with Crippen molar-refractivity contribution in [2.45, 2.75) is 26.3 Å². The van der Waals surface area contributed by atoms with E-state index in [-0.39, 0.29) is 5.91 Å². The van der Waals surface area contributed by atoms with Crippen LogP contribution >= 0.6 is 0 Å². The van der Waals surface area contributed by atoms with E-state index in [0.717, 1.165) is 23.5 Å². The second kappa shape index (κ2) is 3.95. The Bertz CT molecular complexity index is 454. The number of anilines is 2. The van der Waals surface area contributed by atoms with Crippen LogP contribution in [0.2, 0.25) is 0 Å². The van der Waals surface area contributed by atoms with E-state index in [2.05, 4.69) is 10.2 Å². The maximum Gasteiger partial charge on any atom is 0.245 e. The number of benzene rings is 1. The number of hydrogen-bond donors (Lipinski definition) is 2. The van der Waals surface area contributed by atoms with Gasteiger partial charge in [0.1, 0.15) is 5.54 Å². The summed E-state index contributed by atoms with van der Waals surface area (Å²) in [5, 5.41) is 2.90. The third-order valence-electron chi connectivity index (χ3n) is 3.36. The van der Waals surface area contributed by atoms with E-state index in [9.17, 15) is 4.79 Å². The Kier molecular flexibility index (Phi) is 2.73. The first kappa shape index (κ1) is 11.8. The lowest BCUT2D eigenvalue weighted by atomic mass is 9.96. The number of nitrogen functional groups attached to an aromatic ring is 1. The van der Waals surface area contributed by atoms with Crippen molar-refractivity contribution in [2.24, 2.45) is 0 Å².